The van der Waals surface area contributed by atoms with Gasteiger partial charge in [-0.15, -0.1) is 0 Å². The molecule has 1 aromatic rings. The molecule has 0 aliphatic carbocycles. The third-order valence-corrected chi connectivity index (χ3v) is 5.54. The molecular weight excluding hydrogens is 413 g/mol. The Hall–Kier alpha value is -2.49. The molecule has 2 aliphatic rings. The number of rotatable bonds is 4. The van der Waals surface area contributed by atoms with Gasteiger partial charge in [-0.2, -0.15) is 13.2 Å². The first-order chi connectivity index (χ1) is 13.5. The van der Waals surface area contributed by atoms with Crippen LogP contribution in [0, 0.1) is 0 Å². The van der Waals surface area contributed by atoms with Crippen molar-refractivity contribution in [1.29, 1.82) is 0 Å². The number of piperazine rings is 1. The summed E-state index contributed by atoms with van der Waals surface area (Å²) in [6.45, 7) is 2.99. The maximum atomic E-state index is 13.0. The van der Waals surface area contributed by atoms with Gasteiger partial charge >= 0.3 is 12.2 Å². The van der Waals surface area contributed by atoms with Crippen molar-refractivity contribution in [2.45, 2.75) is 31.5 Å². The van der Waals surface area contributed by atoms with Crippen molar-refractivity contribution in [3.05, 3.63) is 28.8 Å². The largest absolute Gasteiger partial charge is 0.417 e. The number of amides is 4. The summed E-state index contributed by atoms with van der Waals surface area (Å²) in [6.07, 6.45) is -4.30. The van der Waals surface area contributed by atoms with E-state index in [0.717, 1.165) is 6.07 Å². The number of alkyl halides is 3. The molecule has 0 spiro atoms. The molecule has 1 aromatic carbocycles. The molecule has 0 saturated carbocycles. The SMILES string of the molecule is C[C@]1(CCC(=O)N2CCN(c3ccc(Cl)c(C(F)(F)F)c3)CC2)NC(=O)NC1=O. The molecule has 29 heavy (non-hydrogen) atoms. The number of carbonyl (C=O) groups is 3. The number of hydrogen-bond acceptors (Lipinski definition) is 4. The minimum atomic E-state index is -4.54. The molecule has 0 aromatic heterocycles. The minimum Gasteiger partial charge on any atom is -0.368 e. The van der Waals surface area contributed by atoms with Crippen LogP contribution in [0.1, 0.15) is 25.3 Å². The Morgan fingerprint density at radius 2 is 1.86 bits per heavy atom. The van der Waals surface area contributed by atoms with Gasteiger partial charge in [-0.3, -0.25) is 14.9 Å². The molecular formula is C18H20ClF3N4O3. The van der Waals surface area contributed by atoms with Crippen LogP contribution in [-0.4, -0.2) is 54.5 Å². The lowest BCUT2D eigenvalue weighted by molar-refractivity contribution is -0.137. The number of carbonyl (C=O) groups excluding carboxylic acids is 3. The van der Waals surface area contributed by atoms with E-state index in [9.17, 15) is 27.6 Å². The Labute approximate surface area is 170 Å². The molecule has 11 heteroatoms. The summed E-state index contributed by atoms with van der Waals surface area (Å²) in [6, 6.07) is 3.18. The predicted molar refractivity (Wildman–Crippen MR) is 99.6 cm³/mol. The first-order valence-corrected chi connectivity index (χ1v) is 9.40. The second kappa shape index (κ2) is 7.74. The van der Waals surface area contributed by atoms with E-state index in [0.29, 0.717) is 31.9 Å². The third-order valence-electron chi connectivity index (χ3n) is 5.21. The van der Waals surface area contributed by atoms with E-state index in [2.05, 4.69) is 10.6 Å². The normalized spacial score (nSPS) is 22.5. The van der Waals surface area contributed by atoms with E-state index in [4.69, 9.17) is 11.6 Å². The fourth-order valence-electron chi connectivity index (χ4n) is 3.41. The van der Waals surface area contributed by atoms with Gasteiger partial charge in [0.05, 0.1) is 10.6 Å². The average Bonchev–Trinajstić information content (AvgIpc) is 2.91. The fraction of sp³-hybridized carbons (Fsp3) is 0.500. The van der Waals surface area contributed by atoms with Crippen molar-refractivity contribution in [2.75, 3.05) is 31.1 Å². The van der Waals surface area contributed by atoms with Crippen molar-refractivity contribution in [3.63, 3.8) is 0 Å². The number of halogens is 4. The lowest BCUT2D eigenvalue weighted by Gasteiger charge is -2.36. The van der Waals surface area contributed by atoms with Crippen LogP contribution >= 0.6 is 11.6 Å². The molecule has 2 saturated heterocycles. The maximum absolute atomic E-state index is 13.0. The number of nitrogens with one attached hydrogen (secondary N) is 2. The first-order valence-electron chi connectivity index (χ1n) is 9.03. The van der Waals surface area contributed by atoms with Gasteiger partial charge in [-0.25, -0.2) is 4.79 Å². The minimum absolute atomic E-state index is 0.0728. The molecule has 4 amide bonds. The standard InChI is InChI=1S/C18H20ClF3N4O3/c1-17(15(28)23-16(29)24-17)5-4-14(27)26-8-6-25(7-9-26)11-2-3-13(19)12(10-11)18(20,21)22/h2-3,10H,4-9H2,1H3,(H2,23,24,28,29)/t17-/m1/s1. The maximum Gasteiger partial charge on any atom is 0.417 e. The average molecular weight is 433 g/mol. The Bertz CT molecular complexity index is 840. The number of anilines is 1. The van der Waals surface area contributed by atoms with Crippen LogP contribution in [-0.2, 0) is 15.8 Å². The zero-order chi connectivity index (χ0) is 21.4. The number of nitrogens with zero attached hydrogens (tertiary/aromatic N) is 2. The molecule has 0 bridgehead atoms. The Morgan fingerprint density at radius 1 is 1.21 bits per heavy atom. The highest BCUT2D eigenvalue weighted by atomic mass is 35.5. The van der Waals surface area contributed by atoms with Crippen LogP contribution in [0.5, 0.6) is 0 Å². The highest BCUT2D eigenvalue weighted by Gasteiger charge is 2.42. The van der Waals surface area contributed by atoms with Crippen molar-refractivity contribution >= 4 is 35.1 Å². The number of urea groups is 1. The molecule has 1 atom stereocenters. The Balaban J connectivity index is 1.56. The summed E-state index contributed by atoms with van der Waals surface area (Å²) in [4.78, 5) is 38.9. The van der Waals surface area contributed by atoms with Crippen LogP contribution in [0.15, 0.2) is 18.2 Å². The molecule has 0 radical (unpaired) electrons. The molecule has 2 heterocycles. The van der Waals surface area contributed by atoms with Gasteiger partial charge in [0.25, 0.3) is 5.91 Å². The topological polar surface area (TPSA) is 81.8 Å². The molecule has 0 unspecified atom stereocenters. The van der Waals surface area contributed by atoms with Crippen molar-refractivity contribution < 1.29 is 27.6 Å². The molecule has 2 N–H and O–H groups in total. The highest BCUT2D eigenvalue weighted by Crippen LogP contribution is 2.37. The number of benzene rings is 1. The summed E-state index contributed by atoms with van der Waals surface area (Å²) in [5, 5.41) is 4.30. The second-order valence-corrected chi connectivity index (χ2v) is 7.68. The highest BCUT2D eigenvalue weighted by molar-refractivity contribution is 6.31. The smallest absolute Gasteiger partial charge is 0.368 e. The van der Waals surface area contributed by atoms with Gasteiger partial charge in [0.2, 0.25) is 5.91 Å². The quantitative estimate of drug-likeness (QED) is 0.716. The van der Waals surface area contributed by atoms with E-state index < -0.39 is 29.2 Å². The number of hydrogen-bond donors (Lipinski definition) is 2. The summed E-state index contributed by atoms with van der Waals surface area (Å²) < 4.78 is 39.1. The van der Waals surface area contributed by atoms with E-state index in [-0.39, 0.29) is 23.8 Å². The van der Waals surface area contributed by atoms with Crippen LogP contribution in [0.2, 0.25) is 5.02 Å². The lowest BCUT2D eigenvalue weighted by atomic mass is 9.96. The lowest BCUT2D eigenvalue weighted by Crippen LogP contribution is -2.50. The molecule has 158 valence electrons. The second-order valence-electron chi connectivity index (χ2n) is 7.27. The van der Waals surface area contributed by atoms with Crippen LogP contribution in [0.25, 0.3) is 0 Å². The summed E-state index contributed by atoms with van der Waals surface area (Å²) in [7, 11) is 0. The van der Waals surface area contributed by atoms with Gasteiger partial charge < -0.3 is 15.1 Å². The summed E-state index contributed by atoms with van der Waals surface area (Å²) >= 11 is 5.66. The van der Waals surface area contributed by atoms with Gasteiger partial charge in [0.15, 0.2) is 0 Å². The molecule has 3 rings (SSSR count). The Morgan fingerprint density at radius 3 is 2.41 bits per heavy atom. The van der Waals surface area contributed by atoms with Gasteiger partial charge in [-0.1, -0.05) is 11.6 Å². The van der Waals surface area contributed by atoms with Crippen molar-refractivity contribution in [3.8, 4) is 0 Å². The molecule has 2 fully saturated rings. The van der Waals surface area contributed by atoms with E-state index in [1.807, 2.05) is 0 Å². The summed E-state index contributed by atoms with van der Waals surface area (Å²) in [5.41, 5.74) is -1.61. The zero-order valence-corrected chi connectivity index (χ0v) is 16.4. The Kier molecular flexibility index (Phi) is 5.66. The van der Waals surface area contributed by atoms with Gasteiger partial charge in [-0.05, 0) is 31.5 Å². The van der Waals surface area contributed by atoms with Crippen molar-refractivity contribution in [1.82, 2.24) is 15.5 Å². The molecule has 7 nitrogen and oxygen atoms in total. The summed E-state index contributed by atoms with van der Waals surface area (Å²) in [5.74, 6) is -0.643. The molecule has 2 aliphatic heterocycles. The predicted octanol–water partition coefficient (Wildman–Crippen LogP) is 2.39. The first kappa shape index (κ1) is 21.2. The van der Waals surface area contributed by atoms with Crippen LogP contribution in [0.4, 0.5) is 23.7 Å². The monoisotopic (exact) mass is 432 g/mol. The zero-order valence-electron chi connectivity index (χ0n) is 15.6. The van der Waals surface area contributed by atoms with Crippen LogP contribution < -0.4 is 15.5 Å². The van der Waals surface area contributed by atoms with E-state index >= 15 is 0 Å². The van der Waals surface area contributed by atoms with E-state index in [1.165, 1.54) is 12.1 Å². The van der Waals surface area contributed by atoms with Gasteiger partial charge in [0.1, 0.15) is 5.54 Å². The van der Waals surface area contributed by atoms with Crippen LogP contribution in [0.3, 0.4) is 0 Å². The van der Waals surface area contributed by atoms with Gasteiger partial charge in [0, 0.05) is 38.3 Å². The van der Waals surface area contributed by atoms with E-state index in [1.54, 1.807) is 16.7 Å². The number of imide groups is 1. The van der Waals surface area contributed by atoms with Crippen molar-refractivity contribution in [2.24, 2.45) is 0 Å². The fourth-order valence-corrected chi connectivity index (χ4v) is 3.64. The third kappa shape index (κ3) is 4.58.